The second-order valence-corrected chi connectivity index (χ2v) is 4.99. The van der Waals surface area contributed by atoms with Gasteiger partial charge in [-0.3, -0.25) is 0 Å². The number of nitrogens with one attached hydrogen (secondary N) is 1. The third kappa shape index (κ3) is 3.20. The van der Waals surface area contributed by atoms with Crippen molar-refractivity contribution in [2.75, 3.05) is 13.1 Å². The first-order valence-corrected chi connectivity index (χ1v) is 6.23. The van der Waals surface area contributed by atoms with Gasteiger partial charge in [0, 0.05) is 25.0 Å². The van der Waals surface area contributed by atoms with Gasteiger partial charge in [-0.1, -0.05) is 5.16 Å². The van der Waals surface area contributed by atoms with Crippen molar-refractivity contribution >= 4 is 6.03 Å². The molecule has 0 saturated carbocycles. The molecular weight excluding hydrogens is 277 g/mol. The number of carbonyl (C=O) groups is 1. The third-order valence-electron chi connectivity index (χ3n) is 2.94. The van der Waals surface area contributed by atoms with E-state index in [1.54, 1.807) is 0 Å². The Balaban J connectivity index is 1.99. The van der Waals surface area contributed by atoms with Gasteiger partial charge in [-0.15, -0.1) is 0 Å². The van der Waals surface area contributed by atoms with Crippen LogP contribution >= 0.6 is 0 Å². The first-order chi connectivity index (χ1) is 9.27. The lowest BCUT2D eigenvalue weighted by atomic mass is 10.1. The molecule has 1 aliphatic rings. The predicted molar refractivity (Wildman–Crippen MR) is 61.9 cm³/mol. The van der Waals surface area contributed by atoms with Gasteiger partial charge in [-0.05, 0) is 20.3 Å². The van der Waals surface area contributed by atoms with Crippen LogP contribution in [0.2, 0.25) is 0 Å². The fraction of sp³-hybridized carbons (Fsp3) is 0.727. The van der Waals surface area contributed by atoms with Gasteiger partial charge in [0.25, 0.3) is 0 Å². The molecule has 112 valence electrons. The second-order valence-electron chi connectivity index (χ2n) is 4.99. The van der Waals surface area contributed by atoms with E-state index in [1.807, 2.05) is 13.8 Å². The van der Waals surface area contributed by atoms with Crippen molar-refractivity contribution in [3.63, 3.8) is 0 Å². The fourth-order valence-corrected chi connectivity index (χ4v) is 2.01. The molecule has 6 nitrogen and oxygen atoms in total. The molecule has 20 heavy (non-hydrogen) atoms. The van der Waals surface area contributed by atoms with Crippen molar-refractivity contribution in [3.05, 3.63) is 11.7 Å². The summed E-state index contributed by atoms with van der Waals surface area (Å²) in [6.07, 6.45) is -4.12. The molecular formula is C11H15F3N4O2. The lowest BCUT2D eigenvalue weighted by Gasteiger charge is -2.18. The number of likely N-dealkylation sites (tertiary alicyclic amines) is 1. The first-order valence-electron chi connectivity index (χ1n) is 6.23. The molecule has 0 spiro atoms. The standard InChI is InChI=1S/C11H15F3N4O2/c1-6(2)15-10(19)18-4-3-7(5-18)8-16-9(20-17-8)11(12,13)14/h6-7H,3-5H2,1-2H3,(H,15,19)/t7-/m0/s1. The van der Waals surface area contributed by atoms with Gasteiger partial charge in [0.1, 0.15) is 0 Å². The lowest BCUT2D eigenvalue weighted by Crippen LogP contribution is -2.41. The van der Waals surface area contributed by atoms with Crippen LogP contribution in [0.3, 0.4) is 0 Å². The van der Waals surface area contributed by atoms with Crippen LogP contribution in [0, 0.1) is 0 Å². The van der Waals surface area contributed by atoms with Crippen LogP contribution in [0.5, 0.6) is 0 Å². The smallest absolute Gasteiger partial charge is 0.336 e. The molecule has 2 rings (SSSR count). The molecule has 0 radical (unpaired) electrons. The number of hydrogen-bond acceptors (Lipinski definition) is 4. The summed E-state index contributed by atoms with van der Waals surface area (Å²) >= 11 is 0. The van der Waals surface area contributed by atoms with Crippen molar-refractivity contribution in [2.45, 2.75) is 38.4 Å². The highest BCUT2D eigenvalue weighted by atomic mass is 19.4. The van der Waals surface area contributed by atoms with Crippen LogP contribution in [-0.2, 0) is 6.18 Å². The van der Waals surface area contributed by atoms with Crippen molar-refractivity contribution in [2.24, 2.45) is 0 Å². The molecule has 1 aliphatic heterocycles. The van der Waals surface area contributed by atoms with Crippen LogP contribution in [0.15, 0.2) is 4.52 Å². The Morgan fingerprint density at radius 1 is 1.50 bits per heavy atom. The summed E-state index contributed by atoms with van der Waals surface area (Å²) in [7, 11) is 0. The summed E-state index contributed by atoms with van der Waals surface area (Å²) in [5.74, 6) is -1.68. The average molecular weight is 292 g/mol. The summed E-state index contributed by atoms with van der Waals surface area (Å²) < 4.78 is 41.3. The minimum Gasteiger partial charge on any atom is -0.336 e. The minimum atomic E-state index is -4.64. The molecule has 0 bridgehead atoms. The fourth-order valence-electron chi connectivity index (χ4n) is 2.01. The Morgan fingerprint density at radius 2 is 2.20 bits per heavy atom. The second kappa shape index (κ2) is 5.29. The summed E-state index contributed by atoms with van der Waals surface area (Å²) in [6.45, 7) is 4.41. The number of hydrogen-bond donors (Lipinski definition) is 1. The zero-order chi connectivity index (χ0) is 14.9. The van der Waals surface area contributed by atoms with E-state index in [-0.39, 0.29) is 30.4 Å². The van der Waals surface area contributed by atoms with Crippen LogP contribution in [-0.4, -0.2) is 40.2 Å². The number of amides is 2. The summed E-state index contributed by atoms with van der Waals surface area (Å²) in [5, 5.41) is 6.08. The summed E-state index contributed by atoms with van der Waals surface area (Å²) in [6, 6.07) is -0.231. The number of alkyl halides is 3. The van der Waals surface area contributed by atoms with E-state index in [2.05, 4.69) is 20.0 Å². The number of nitrogens with zero attached hydrogens (tertiary/aromatic N) is 3. The van der Waals surface area contributed by atoms with Crippen LogP contribution in [0.25, 0.3) is 0 Å². The van der Waals surface area contributed by atoms with E-state index in [0.29, 0.717) is 13.0 Å². The van der Waals surface area contributed by atoms with Crippen molar-refractivity contribution < 1.29 is 22.5 Å². The van der Waals surface area contributed by atoms with Crippen LogP contribution in [0.1, 0.15) is 37.9 Å². The van der Waals surface area contributed by atoms with E-state index in [9.17, 15) is 18.0 Å². The van der Waals surface area contributed by atoms with E-state index < -0.39 is 12.1 Å². The van der Waals surface area contributed by atoms with E-state index in [1.165, 1.54) is 4.90 Å². The topological polar surface area (TPSA) is 71.3 Å². The Bertz CT molecular complexity index is 486. The number of urea groups is 1. The van der Waals surface area contributed by atoms with Gasteiger partial charge in [0.05, 0.1) is 0 Å². The van der Waals surface area contributed by atoms with Gasteiger partial charge in [0.2, 0.25) is 0 Å². The van der Waals surface area contributed by atoms with Gasteiger partial charge in [-0.2, -0.15) is 18.2 Å². The number of carbonyl (C=O) groups excluding carboxylic acids is 1. The number of rotatable bonds is 2. The maximum atomic E-state index is 12.4. The number of aromatic nitrogens is 2. The molecule has 0 unspecified atom stereocenters. The molecule has 0 aromatic carbocycles. The minimum absolute atomic E-state index is 0.00262. The van der Waals surface area contributed by atoms with Crippen molar-refractivity contribution in [1.82, 2.24) is 20.4 Å². The predicted octanol–water partition coefficient (Wildman–Crippen LogP) is 2.00. The largest absolute Gasteiger partial charge is 0.471 e. The Kier molecular flexibility index (Phi) is 3.87. The maximum Gasteiger partial charge on any atom is 0.471 e. The Labute approximate surface area is 113 Å². The Morgan fingerprint density at radius 3 is 2.75 bits per heavy atom. The molecule has 9 heteroatoms. The molecule has 2 heterocycles. The SMILES string of the molecule is CC(C)NC(=O)N1CC[C@H](c2noc(C(F)(F)F)n2)C1. The van der Waals surface area contributed by atoms with Gasteiger partial charge in [0.15, 0.2) is 5.82 Å². The van der Waals surface area contributed by atoms with E-state index in [0.717, 1.165) is 0 Å². The molecule has 1 saturated heterocycles. The maximum absolute atomic E-state index is 12.4. The van der Waals surface area contributed by atoms with E-state index >= 15 is 0 Å². The molecule has 1 N–H and O–H groups in total. The molecule has 1 aromatic rings. The quantitative estimate of drug-likeness (QED) is 0.905. The highest BCUT2D eigenvalue weighted by Gasteiger charge is 2.40. The molecule has 1 fully saturated rings. The van der Waals surface area contributed by atoms with Gasteiger partial charge in [-0.25, -0.2) is 4.79 Å². The van der Waals surface area contributed by atoms with E-state index in [4.69, 9.17) is 0 Å². The molecule has 1 aromatic heterocycles. The van der Waals surface area contributed by atoms with Crippen molar-refractivity contribution in [1.29, 1.82) is 0 Å². The van der Waals surface area contributed by atoms with Crippen molar-refractivity contribution in [3.8, 4) is 0 Å². The molecule has 1 atom stereocenters. The summed E-state index contributed by atoms with van der Waals surface area (Å²) in [5.41, 5.74) is 0. The van der Waals surface area contributed by atoms with Gasteiger partial charge < -0.3 is 14.7 Å². The average Bonchev–Trinajstić information content (AvgIpc) is 2.96. The Hall–Kier alpha value is -1.80. The highest BCUT2D eigenvalue weighted by Crippen LogP contribution is 2.31. The van der Waals surface area contributed by atoms with Crippen LogP contribution in [0.4, 0.5) is 18.0 Å². The molecule has 0 aliphatic carbocycles. The zero-order valence-electron chi connectivity index (χ0n) is 11.1. The highest BCUT2D eigenvalue weighted by molar-refractivity contribution is 5.74. The zero-order valence-corrected chi connectivity index (χ0v) is 11.1. The molecule has 2 amide bonds. The normalized spacial score (nSPS) is 19.7. The monoisotopic (exact) mass is 292 g/mol. The third-order valence-corrected chi connectivity index (χ3v) is 2.94. The number of halogens is 3. The van der Waals surface area contributed by atoms with Gasteiger partial charge >= 0.3 is 18.1 Å². The summed E-state index contributed by atoms with van der Waals surface area (Å²) in [4.78, 5) is 16.7. The first kappa shape index (κ1) is 14.6. The lowest BCUT2D eigenvalue weighted by molar-refractivity contribution is -0.159. The van der Waals surface area contributed by atoms with Crippen LogP contribution < -0.4 is 5.32 Å².